The summed E-state index contributed by atoms with van der Waals surface area (Å²) in [6.45, 7) is 7.15. The van der Waals surface area contributed by atoms with Gasteiger partial charge in [0.2, 0.25) is 5.95 Å². The summed E-state index contributed by atoms with van der Waals surface area (Å²) in [6.07, 6.45) is 3.15. The van der Waals surface area contributed by atoms with Crippen molar-refractivity contribution in [1.29, 1.82) is 0 Å². The number of aryl methyl sites for hydroxylation is 1. The highest BCUT2D eigenvalue weighted by atomic mass is 32.1. The molecule has 1 aliphatic carbocycles. The molecule has 0 amide bonds. The highest BCUT2D eigenvalue weighted by molar-refractivity contribution is 7.80. The maximum Gasteiger partial charge on any atom is 0.226 e. The van der Waals surface area contributed by atoms with Crippen molar-refractivity contribution < 1.29 is 0 Å². The fraction of sp³-hybridized carbons (Fsp3) is 0.643. The SMILES string of the molecule is Cc1cc(C(C)C)nc(N(CCC(N)=S)C2CC2)n1. The average Bonchev–Trinajstić information content (AvgIpc) is 3.12. The van der Waals surface area contributed by atoms with Crippen molar-refractivity contribution in [3.63, 3.8) is 0 Å². The predicted molar refractivity (Wildman–Crippen MR) is 82.6 cm³/mol. The van der Waals surface area contributed by atoms with Gasteiger partial charge in [-0.1, -0.05) is 26.1 Å². The summed E-state index contributed by atoms with van der Waals surface area (Å²) >= 11 is 4.97. The number of nitrogens with two attached hydrogens (primary N) is 1. The molecule has 0 saturated heterocycles. The number of anilines is 1. The Balaban J connectivity index is 2.22. The Morgan fingerprint density at radius 3 is 2.68 bits per heavy atom. The molecule has 1 aromatic rings. The first-order valence-electron chi connectivity index (χ1n) is 6.88. The molecule has 2 rings (SSSR count). The fourth-order valence-electron chi connectivity index (χ4n) is 2.06. The summed E-state index contributed by atoms with van der Waals surface area (Å²) < 4.78 is 0. The number of nitrogens with zero attached hydrogens (tertiary/aromatic N) is 3. The Kier molecular flexibility index (Phi) is 4.34. The van der Waals surface area contributed by atoms with Crippen molar-refractivity contribution in [2.45, 2.75) is 52.0 Å². The summed E-state index contributed by atoms with van der Waals surface area (Å²) in [4.78, 5) is 12.1. The van der Waals surface area contributed by atoms with Crippen molar-refractivity contribution >= 4 is 23.2 Å². The van der Waals surface area contributed by atoms with E-state index >= 15 is 0 Å². The van der Waals surface area contributed by atoms with E-state index in [0.29, 0.717) is 16.9 Å². The van der Waals surface area contributed by atoms with Crippen LogP contribution in [-0.2, 0) is 0 Å². The maximum atomic E-state index is 5.61. The molecule has 4 nitrogen and oxygen atoms in total. The van der Waals surface area contributed by atoms with Crippen molar-refractivity contribution in [2.75, 3.05) is 11.4 Å². The van der Waals surface area contributed by atoms with E-state index in [1.807, 2.05) is 6.92 Å². The molecule has 0 bridgehead atoms. The van der Waals surface area contributed by atoms with Crippen LogP contribution in [-0.4, -0.2) is 27.5 Å². The molecule has 0 aliphatic heterocycles. The van der Waals surface area contributed by atoms with Crippen molar-refractivity contribution in [3.8, 4) is 0 Å². The molecule has 1 fully saturated rings. The summed E-state index contributed by atoms with van der Waals surface area (Å²) in [7, 11) is 0. The Morgan fingerprint density at radius 1 is 1.47 bits per heavy atom. The standard InChI is InChI=1S/C14H22N4S/c1-9(2)12-8-10(3)16-14(17-12)18(11-4-5-11)7-6-13(15)19/h8-9,11H,4-7H2,1-3H3,(H2,15,19). The first kappa shape index (κ1) is 14.2. The zero-order chi connectivity index (χ0) is 14.0. The molecule has 2 N–H and O–H groups in total. The van der Waals surface area contributed by atoms with Gasteiger partial charge in [0, 0.05) is 30.4 Å². The molecular formula is C14H22N4S. The third kappa shape index (κ3) is 3.86. The van der Waals surface area contributed by atoms with Gasteiger partial charge in [0.05, 0.1) is 4.99 Å². The molecule has 0 spiro atoms. The third-order valence-electron chi connectivity index (χ3n) is 3.30. The summed E-state index contributed by atoms with van der Waals surface area (Å²) in [5.41, 5.74) is 7.73. The van der Waals surface area contributed by atoms with Gasteiger partial charge in [0.25, 0.3) is 0 Å². The van der Waals surface area contributed by atoms with Gasteiger partial charge in [0.15, 0.2) is 0 Å². The van der Waals surface area contributed by atoms with Gasteiger partial charge in [-0.15, -0.1) is 0 Å². The largest absolute Gasteiger partial charge is 0.393 e. The lowest BCUT2D eigenvalue weighted by Crippen LogP contribution is -2.31. The minimum Gasteiger partial charge on any atom is -0.393 e. The van der Waals surface area contributed by atoms with Crippen LogP contribution in [0.25, 0.3) is 0 Å². The van der Waals surface area contributed by atoms with Gasteiger partial charge in [-0.3, -0.25) is 0 Å². The topological polar surface area (TPSA) is 55.0 Å². The van der Waals surface area contributed by atoms with Crippen LogP contribution in [0.1, 0.15) is 50.4 Å². The van der Waals surface area contributed by atoms with Crippen molar-refractivity contribution in [3.05, 3.63) is 17.5 Å². The monoisotopic (exact) mass is 278 g/mol. The van der Waals surface area contributed by atoms with Crippen LogP contribution in [0, 0.1) is 6.92 Å². The molecule has 0 atom stereocenters. The predicted octanol–water partition coefficient (Wildman–Crippen LogP) is 2.55. The van der Waals surface area contributed by atoms with Gasteiger partial charge < -0.3 is 10.6 Å². The van der Waals surface area contributed by atoms with E-state index in [-0.39, 0.29) is 0 Å². The molecule has 19 heavy (non-hydrogen) atoms. The molecular weight excluding hydrogens is 256 g/mol. The van der Waals surface area contributed by atoms with Gasteiger partial charge in [-0.2, -0.15) is 0 Å². The second-order valence-corrected chi connectivity index (χ2v) is 6.05. The molecule has 1 aliphatic rings. The van der Waals surface area contributed by atoms with Crippen molar-refractivity contribution in [2.24, 2.45) is 5.73 Å². The lowest BCUT2D eigenvalue weighted by Gasteiger charge is -2.23. The van der Waals surface area contributed by atoms with E-state index in [9.17, 15) is 0 Å². The average molecular weight is 278 g/mol. The van der Waals surface area contributed by atoms with Crippen LogP contribution in [0.15, 0.2) is 6.07 Å². The van der Waals surface area contributed by atoms with Crippen molar-refractivity contribution in [1.82, 2.24) is 9.97 Å². The van der Waals surface area contributed by atoms with E-state index in [0.717, 1.165) is 30.3 Å². The first-order chi connectivity index (χ1) is 8.97. The quantitative estimate of drug-likeness (QED) is 0.810. The second-order valence-electron chi connectivity index (χ2n) is 5.53. The van der Waals surface area contributed by atoms with Gasteiger partial charge in [-0.05, 0) is 31.7 Å². The van der Waals surface area contributed by atoms with Crippen LogP contribution in [0.4, 0.5) is 5.95 Å². The maximum absolute atomic E-state index is 5.61. The van der Waals surface area contributed by atoms with E-state index in [2.05, 4.69) is 29.8 Å². The lowest BCUT2D eigenvalue weighted by molar-refractivity contribution is 0.738. The molecule has 1 heterocycles. The number of aromatic nitrogens is 2. The zero-order valence-corrected chi connectivity index (χ0v) is 12.7. The highest BCUT2D eigenvalue weighted by Gasteiger charge is 2.31. The Hall–Kier alpha value is -1.23. The molecule has 5 heteroatoms. The van der Waals surface area contributed by atoms with E-state index < -0.39 is 0 Å². The van der Waals surface area contributed by atoms with Crippen LogP contribution < -0.4 is 10.6 Å². The normalized spacial score (nSPS) is 14.7. The van der Waals surface area contributed by atoms with Gasteiger partial charge >= 0.3 is 0 Å². The minimum atomic E-state index is 0.414. The Bertz CT molecular complexity index is 469. The smallest absolute Gasteiger partial charge is 0.226 e. The fourth-order valence-corrected chi connectivity index (χ4v) is 2.15. The van der Waals surface area contributed by atoms with E-state index in [1.165, 1.54) is 12.8 Å². The Labute approximate surface area is 120 Å². The third-order valence-corrected chi connectivity index (χ3v) is 3.50. The number of rotatable bonds is 6. The van der Waals surface area contributed by atoms with Gasteiger partial charge in [-0.25, -0.2) is 9.97 Å². The Morgan fingerprint density at radius 2 is 2.16 bits per heavy atom. The molecule has 1 aromatic heterocycles. The number of hydrogen-bond acceptors (Lipinski definition) is 4. The van der Waals surface area contributed by atoms with Crippen LogP contribution in [0.2, 0.25) is 0 Å². The first-order valence-corrected chi connectivity index (χ1v) is 7.28. The summed E-state index contributed by atoms with van der Waals surface area (Å²) in [6, 6.07) is 2.63. The van der Waals surface area contributed by atoms with Gasteiger partial charge in [0.1, 0.15) is 0 Å². The lowest BCUT2D eigenvalue weighted by atomic mass is 10.1. The van der Waals surface area contributed by atoms with Crippen LogP contribution >= 0.6 is 12.2 Å². The van der Waals surface area contributed by atoms with Crippen LogP contribution in [0.3, 0.4) is 0 Å². The van der Waals surface area contributed by atoms with E-state index in [1.54, 1.807) is 0 Å². The van der Waals surface area contributed by atoms with E-state index in [4.69, 9.17) is 22.9 Å². The molecule has 0 aromatic carbocycles. The highest BCUT2D eigenvalue weighted by Crippen LogP contribution is 2.30. The molecule has 1 saturated carbocycles. The minimum absolute atomic E-state index is 0.414. The molecule has 0 radical (unpaired) electrons. The molecule has 0 unspecified atom stereocenters. The van der Waals surface area contributed by atoms with Crippen LogP contribution in [0.5, 0.6) is 0 Å². The second kappa shape index (κ2) is 5.82. The summed E-state index contributed by atoms with van der Waals surface area (Å²) in [5, 5.41) is 0. The number of hydrogen-bond donors (Lipinski definition) is 1. The number of thiocarbonyl (C=S) groups is 1. The summed E-state index contributed by atoms with van der Waals surface area (Å²) in [5.74, 6) is 1.25. The zero-order valence-electron chi connectivity index (χ0n) is 11.9. The molecule has 104 valence electrons.